The lowest BCUT2D eigenvalue weighted by atomic mass is 10.0. The molecule has 0 radical (unpaired) electrons. The molecule has 4 rings (SSSR count). The first-order chi connectivity index (χ1) is 12.5. The van der Waals surface area contributed by atoms with E-state index in [1.165, 1.54) is 12.1 Å². The highest BCUT2D eigenvalue weighted by Gasteiger charge is 2.48. The van der Waals surface area contributed by atoms with Crippen LogP contribution in [0.1, 0.15) is 29.5 Å². The van der Waals surface area contributed by atoms with Crippen LogP contribution in [0.5, 0.6) is 0 Å². The SMILES string of the molecule is O=C(C1CC1c1ccc(F)cc1F)N1CCNCC1c1cccc(Cl)c1. The molecule has 3 atom stereocenters. The van der Waals surface area contributed by atoms with Gasteiger partial charge in [0.1, 0.15) is 11.6 Å². The zero-order chi connectivity index (χ0) is 18.3. The van der Waals surface area contributed by atoms with Crippen LogP contribution in [-0.4, -0.2) is 30.4 Å². The summed E-state index contributed by atoms with van der Waals surface area (Å²) in [5.74, 6) is -1.55. The molecule has 6 heteroatoms. The Bertz CT molecular complexity index is 844. The third-order valence-corrected chi connectivity index (χ3v) is 5.46. The predicted molar refractivity (Wildman–Crippen MR) is 96.0 cm³/mol. The van der Waals surface area contributed by atoms with Crippen LogP contribution in [-0.2, 0) is 4.79 Å². The van der Waals surface area contributed by atoms with Crippen molar-refractivity contribution in [3.63, 3.8) is 0 Å². The minimum absolute atomic E-state index is 0.0326. The maximum atomic E-state index is 14.0. The van der Waals surface area contributed by atoms with Crippen molar-refractivity contribution in [2.24, 2.45) is 5.92 Å². The highest BCUT2D eigenvalue weighted by Crippen LogP contribution is 2.50. The van der Waals surface area contributed by atoms with Gasteiger partial charge in [-0.15, -0.1) is 0 Å². The smallest absolute Gasteiger partial charge is 0.226 e. The largest absolute Gasteiger partial charge is 0.333 e. The lowest BCUT2D eigenvalue weighted by molar-refractivity contribution is -0.136. The van der Waals surface area contributed by atoms with E-state index in [4.69, 9.17) is 11.6 Å². The topological polar surface area (TPSA) is 32.3 Å². The van der Waals surface area contributed by atoms with Gasteiger partial charge in [-0.2, -0.15) is 0 Å². The van der Waals surface area contributed by atoms with Crippen LogP contribution in [0.4, 0.5) is 8.78 Å². The molecule has 1 saturated heterocycles. The summed E-state index contributed by atoms with van der Waals surface area (Å²) in [5.41, 5.74) is 1.42. The van der Waals surface area contributed by atoms with Crippen molar-refractivity contribution >= 4 is 17.5 Å². The van der Waals surface area contributed by atoms with Crippen molar-refractivity contribution in [3.8, 4) is 0 Å². The Morgan fingerprint density at radius 2 is 2.04 bits per heavy atom. The third-order valence-electron chi connectivity index (χ3n) is 5.23. The minimum Gasteiger partial charge on any atom is -0.333 e. The van der Waals surface area contributed by atoms with Gasteiger partial charge in [0.2, 0.25) is 5.91 Å². The predicted octanol–water partition coefficient (Wildman–Crippen LogP) is 3.89. The second kappa shape index (κ2) is 6.97. The molecule has 1 aliphatic carbocycles. The Balaban J connectivity index is 1.53. The van der Waals surface area contributed by atoms with E-state index in [-0.39, 0.29) is 23.8 Å². The molecule has 0 bridgehead atoms. The molecule has 0 spiro atoms. The number of halogens is 3. The number of carbonyl (C=O) groups is 1. The van der Waals surface area contributed by atoms with Gasteiger partial charge in [0.25, 0.3) is 0 Å². The molecule has 136 valence electrons. The molecule has 1 aliphatic heterocycles. The number of nitrogens with one attached hydrogen (secondary N) is 1. The van der Waals surface area contributed by atoms with Gasteiger partial charge >= 0.3 is 0 Å². The molecule has 1 saturated carbocycles. The van der Waals surface area contributed by atoms with Crippen LogP contribution in [0.2, 0.25) is 5.02 Å². The first-order valence-electron chi connectivity index (χ1n) is 8.76. The summed E-state index contributed by atoms with van der Waals surface area (Å²) in [5, 5.41) is 3.95. The fourth-order valence-electron chi connectivity index (χ4n) is 3.81. The van der Waals surface area contributed by atoms with Crippen LogP contribution in [0.3, 0.4) is 0 Å². The number of rotatable bonds is 3. The lowest BCUT2D eigenvalue weighted by Crippen LogP contribution is -2.49. The number of amides is 1. The van der Waals surface area contributed by atoms with Gasteiger partial charge in [0.05, 0.1) is 6.04 Å². The summed E-state index contributed by atoms with van der Waals surface area (Å²) in [7, 11) is 0. The fourth-order valence-corrected chi connectivity index (χ4v) is 4.01. The van der Waals surface area contributed by atoms with Crippen molar-refractivity contribution in [2.75, 3.05) is 19.6 Å². The molecular formula is C20H19ClF2N2O. The first kappa shape index (κ1) is 17.4. The molecule has 0 aromatic heterocycles. The molecule has 26 heavy (non-hydrogen) atoms. The van der Waals surface area contributed by atoms with Gasteiger partial charge in [0, 0.05) is 36.6 Å². The molecule has 1 amide bonds. The van der Waals surface area contributed by atoms with Crippen molar-refractivity contribution in [1.29, 1.82) is 0 Å². The quantitative estimate of drug-likeness (QED) is 0.881. The molecule has 1 heterocycles. The Morgan fingerprint density at radius 1 is 1.19 bits per heavy atom. The Kier molecular flexibility index (Phi) is 4.67. The van der Waals surface area contributed by atoms with E-state index in [0.717, 1.165) is 18.2 Å². The number of hydrogen-bond donors (Lipinski definition) is 1. The number of hydrogen-bond acceptors (Lipinski definition) is 2. The van der Waals surface area contributed by atoms with E-state index in [1.807, 2.05) is 29.2 Å². The van der Waals surface area contributed by atoms with Crippen molar-refractivity contribution in [3.05, 3.63) is 70.2 Å². The Labute approximate surface area is 156 Å². The molecule has 3 nitrogen and oxygen atoms in total. The Hall–Kier alpha value is -1.98. The molecule has 2 fully saturated rings. The summed E-state index contributed by atoms with van der Waals surface area (Å²) < 4.78 is 27.1. The van der Waals surface area contributed by atoms with E-state index < -0.39 is 11.6 Å². The monoisotopic (exact) mass is 376 g/mol. The third kappa shape index (κ3) is 3.33. The van der Waals surface area contributed by atoms with E-state index in [0.29, 0.717) is 30.1 Å². The lowest BCUT2D eigenvalue weighted by Gasteiger charge is -2.37. The summed E-state index contributed by atoms with van der Waals surface area (Å²) >= 11 is 6.10. The van der Waals surface area contributed by atoms with Gasteiger partial charge in [0.15, 0.2) is 0 Å². The zero-order valence-electron chi connectivity index (χ0n) is 14.1. The Morgan fingerprint density at radius 3 is 2.81 bits per heavy atom. The maximum Gasteiger partial charge on any atom is 0.226 e. The van der Waals surface area contributed by atoms with E-state index >= 15 is 0 Å². The molecule has 2 aromatic carbocycles. The molecule has 3 unspecified atom stereocenters. The summed E-state index contributed by atoms with van der Waals surface area (Å²) in [6.07, 6.45) is 0.605. The van der Waals surface area contributed by atoms with Crippen molar-refractivity contribution in [2.45, 2.75) is 18.4 Å². The minimum atomic E-state index is -0.599. The first-order valence-corrected chi connectivity index (χ1v) is 9.14. The van der Waals surface area contributed by atoms with Gasteiger partial charge < -0.3 is 10.2 Å². The highest BCUT2D eigenvalue weighted by atomic mass is 35.5. The molecule has 2 aliphatic rings. The van der Waals surface area contributed by atoms with Crippen LogP contribution >= 0.6 is 11.6 Å². The normalized spacial score (nSPS) is 25.2. The van der Waals surface area contributed by atoms with Crippen LogP contribution in [0.25, 0.3) is 0 Å². The van der Waals surface area contributed by atoms with Gasteiger partial charge in [-0.3, -0.25) is 4.79 Å². The number of carbonyl (C=O) groups excluding carboxylic acids is 1. The van der Waals surface area contributed by atoms with Crippen LogP contribution in [0, 0.1) is 17.6 Å². The standard InChI is InChI=1S/C20H19ClF2N2O/c21-13-3-1-2-12(8-13)19-11-24-6-7-25(19)20(26)17-10-16(17)15-5-4-14(22)9-18(15)23/h1-5,8-9,16-17,19,24H,6-7,10-11H2. The summed E-state index contributed by atoms with van der Waals surface area (Å²) in [6, 6.07) is 11.0. The van der Waals surface area contributed by atoms with Crippen LogP contribution in [0.15, 0.2) is 42.5 Å². The zero-order valence-corrected chi connectivity index (χ0v) is 14.8. The van der Waals surface area contributed by atoms with Gasteiger partial charge in [-0.25, -0.2) is 8.78 Å². The second-order valence-electron chi connectivity index (χ2n) is 6.92. The number of piperazine rings is 1. The molecule has 2 aromatic rings. The second-order valence-corrected chi connectivity index (χ2v) is 7.36. The van der Waals surface area contributed by atoms with E-state index in [2.05, 4.69) is 5.32 Å². The molecule has 1 N–H and O–H groups in total. The maximum absolute atomic E-state index is 14.0. The van der Waals surface area contributed by atoms with Crippen molar-refractivity contribution in [1.82, 2.24) is 10.2 Å². The number of benzene rings is 2. The average molecular weight is 377 g/mol. The fraction of sp³-hybridized carbons (Fsp3) is 0.350. The van der Waals surface area contributed by atoms with E-state index in [9.17, 15) is 13.6 Å². The van der Waals surface area contributed by atoms with E-state index in [1.54, 1.807) is 0 Å². The number of nitrogens with zero attached hydrogens (tertiary/aromatic N) is 1. The van der Waals surface area contributed by atoms with Crippen molar-refractivity contribution < 1.29 is 13.6 Å². The average Bonchev–Trinajstić information content (AvgIpc) is 3.41. The summed E-state index contributed by atoms with van der Waals surface area (Å²) in [4.78, 5) is 14.9. The van der Waals surface area contributed by atoms with Crippen LogP contribution < -0.4 is 5.32 Å². The molecular weight excluding hydrogens is 358 g/mol. The highest BCUT2D eigenvalue weighted by molar-refractivity contribution is 6.30. The van der Waals surface area contributed by atoms with Gasteiger partial charge in [-0.05, 0) is 41.7 Å². The van der Waals surface area contributed by atoms with Gasteiger partial charge in [-0.1, -0.05) is 29.8 Å². The summed E-state index contributed by atoms with van der Waals surface area (Å²) in [6.45, 7) is 1.99.